The molecule has 1 aliphatic rings. The molecule has 1 atom stereocenters. The van der Waals surface area contributed by atoms with Crippen molar-refractivity contribution in [1.82, 2.24) is 15.1 Å². The highest BCUT2D eigenvalue weighted by Gasteiger charge is 2.32. The van der Waals surface area contributed by atoms with E-state index in [9.17, 15) is 5.11 Å². The summed E-state index contributed by atoms with van der Waals surface area (Å²) >= 11 is 0. The van der Waals surface area contributed by atoms with Crippen LogP contribution >= 0.6 is 0 Å². The maximum atomic E-state index is 10.6. The van der Waals surface area contributed by atoms with Crippen LogP contribution in [0.15, 0.2) is 6.20 Å². The number of nitrogens with one attached hydrogen (secondary N) is 1. The molecular formula is C15H27N3O. The number of hydrogen-bond donors (Lipinski definition) is 2. The molecule has 1 unspecified atom stereocenters. The second-order valence-corrected chi connectivity index (χ2v) is 6.35. The summed E-state index contributed by atoms with van der Waals surface area (Å²) in [7, 11) is 1.94. The van der Waals surface area contributed by atoms with E-state index < -0.39 is 5.60 Å². The fourth-order valence-corrected chi connectivity index (χ4v) is 2.97. The van der Waals surface area contributed by atoms with Crippen LogP contribution in [0.3, 0.4) is 0 Å². The Hall–Kier alpha value is -0.870. The fraction of sp³-hybridized carbons (Fsp3) is 0.800. The van der Waals surface area contributed by atoms with E-state index in [1.807, 2.05) is 18.7 Å². The molecule has 1 aromatic rings. The van der Waals surface area contributed by atoms with Crippen molar-refractivity contribution < 1.29 is 5.11 Å². The van der Waals surface area contributed by atoms with Crippen molar-refractivity contribution in [2.75, 3.05) is 6.54 Å². The maximum absolute atomic E-state index is 10.6. The molecule has 0 radical (unpaired) electrons. The van der Waals surface area contributed by atoms with Crippen molar-refractivity contribution in [2.45, 2.75) is 58.1 Å². The quantitative estimate of drug-likeness (QED) is 0.878. The van der Waals surface area contributed by atoms with E-state index in [2.05, 4.69) is 30.5 Å². The molecule has 0 saturated heterocycles. The van der Waals surface area contributed by atoms with Crippen molar-refractivity contribution in [1.29, 1.82) is 0 Å². The topological polar surface area (TPSA) is 50.1 Å². The van der Waals surface area contributed by atoms with Gasteiger partial charge in [0.1, 0.15) is 0 Å². The van der Waals surface area contributed by atoms with Crippen molar-refractivity contribution in [3.8, 4) is 0 Å². The van der Waals surface area contributed by atoms with Crippen molar-refractivity contribution >= 4 is 0 Å². The van der Waals surface area contributed by atoms with E-state index in [1.54, 1.807) is 0 Å². The van der Waals surface area contributed by atoms with E-state index in [0.717, 1.165) is 37.3 Å². The summed E-state index contributed by atoms with van der Waals surface area (Å²) in [5.41, 5.74) is 1.76. The van der Waals surface area contributed by atoms with Crippen LogP contribution in [0.25, 0.3) is 0 Å². The average molecular weight is 265 g/mol. The fourth-order valence-electron chi connectivity index (χ4n) is 2.97. The first-order chi connectivity index (χ1) is 8.89. The van der Waals surface area contributed by atoms with Crippen molar-refractivity contribution in [2.24, 2.45) is 13.0 Å². The van der Waals surface area contributed by atoms with Gasteiger partial charge in [0.25, 0.3) is 0 Å². The molecule has 2 N–H and O–H groups in total. The van der Waals surface area contributed by atoms with Gasteiger partial charge in [0.15, 0.2) is 0 Å². The number of aliphatic hydroxyl groups is 1. The lowest BCUT2D eigenvalue weighted by atomic mass is 9.79. The Morgan fingerprint density at radius 1 is 1.53 bits per heavy atom. The maximum Gasteiger partial charge on any atom is 0.0772 e. The molecule has 1 fully saturated rings. The average Bonchev–Trinajstić information content (AvgIpc) is 2.70. The molecule has 1 aromatic heterocycles. The molecule has 108 valence electrons. The summed E-state index contributed by atoms with van der Waals surface area (Å²) < 4.78 is 1.85. The molecule has 0 spiro atoms. The molecule has 1 saturated carbocycles. The summed E-state index contributed by atoms with van der Waals surface area (Å²) in [5.74, 6) is 0.762. The normalized spacial score (nSPS) is 29.4. The number of rotatable bonds is 4. The molecule has 1 aliphatic carbocycles. The van der Waals surface area contributed by atoms with Crippen LogP contribution in [0, 0.1) is 12.8 Å². The Bertz CT molecular complexity index is 419. The van der Waals surface area contributed by atoms with Gasteiger partial charge in [-0.3, -0.25) is 4.68 Å². The number of hydrogen-bond acceptors (Lipinski definition) is 3. The van der Waals surface area contributed by atoms with Gasteiger partial charge in [-0.1, -0.05) is 6.92 Å². The minimum absolute atomic E-state index is 0.233. The first kappa shape index (κ1) is 14.5. The Labute approximate surface area is 116 Å². The smallest absolute Gasteiger partial charge is 0.0772 e. The number of nitrogens with zero attached hydrogens (tertiary/aromatic N) is 2. The highest BCUT2D eigenvalue weighted by atomic mass is 16.3. The molecule has 0 amide bonds. The van der Waals surface area contributed by atoms with Gasteiger partial charge < -0.3 is 10.4 Å². The highest BCUT2D eigenvalue weighted by molar-refractivity contribution is 5.19. The van der Waals surface area contributed by atoms with Gasteiger partial charge in [-0.25, -0.2) is 0 Å². The molecule has 0 aliphatic heterocycles. The van der Waals surface area contributed by atoms with Gasteiger partial charge in [0.05, 0.1) is 11.3 Å². The zero-order chi connectivity index (χ0) is 14.0. The lowest BCUT2D eigenvalue weighted by Gasteiger charge is -2.36. The monoisotopic (exact) mass is 265 g/mol. The third kappa shape index (κ3) is 3.57. The van der Waals surface area contributed by atoms with Gasteiger partial charge in [0.2, 0.25) is 0 Å². The Morgan fingerprint density at radius 3 is 2.68 bits per heavy atom. The van der Waals surface area contributed by atoms with Crippen LogP contribution in [0.4, 0.5) is 0 Å². The highest BCUT2D eigenvalue weighted by Crippen LogP contribution is 2.31. The number of aromatic nitrogens is 2. The molecule has 4 heteroatoms. The molecular weight excluding hydrogens is 238 g/mol. The van der Waals surface area contributed by atoms with Crippen LogP contribution in [-0.2, 0) is 7.05 Å². The van der Waals surface area contributed by atoms with Crippen molar-refractivity contribution in [3.05, 3.63) is 17.5 Å². The van der Waals surface area contributed by atoms with Crippen LogP contribution in [-0.4, -0.2) is 27.0 Å². The standard InChI is InChI=1S/C15H27N3O/c1-11-5-7-15(19,8-6-11)10-16-12(2)14-9-18(4)17-13(14)3/h9,11-12,16,19H,5-8,10H2,1-4H3. The minimum Gasteiger partial charge on any atom is -0.389 e. The van der Waals surface area contributed by atoms with Gasteiger partial charge in [-0.2, -0.15) is 5.10 Å². The molecule has 0 aromatic carbocycles. The van der Waals surface area contributed by atoms with Crippen LogP contribution in [0.2, 0.25) is 0 Å². The SMILES string of the molecule is Cc1nn(C)cc1C(C)NCC1(O)CCC(C)CC1. The Kier molecular flexibility index (Phi) is 4.31. The predicted octanol–water partition coefficient (Wildman–Crippen LogP) is 2.32. The summed E-state index contributed by atoms with van der Waals surface area (Å²) in [6.07, 6.45) is 6.16. The predicted molar refractivity (Wildman–Crippen MR) is 76.9 cm³/mol. The molecule has 1 heterocycles. The van der Waals surface area contributed by atoms with E-state index in [4.69, 9.17) is 0 Å². The van der Waals surface area contributed by atoms with Gasteiger partial charge in [-0.05, 0) is 45.4 Å². The molecule has 2 rings (SSSR count). The van der Waals surface area contributed by atoms with Gasteiger partial charge in [-0.15, -0.1) is 0 Å². The zero-order valence-electron chi connectivity index (χ0n) is 12.6. The molecule has 0 bridgehead atoms. The minimum atomic E-state index is -0.517. The molecule has 4 nitrogen and oxygen atoms in total. The van der Waals surface area contributed by atoms with Gasteiger partial charge in [0, 0.05) is 31.4 Å². The third-order valence-corrected chi connectivity index (χ3v) is 4.46. The summed E-state index contributed by atoms with van der Waals surface area (Å²) in [4.78, 5) is 0. The lowest BCUT2D eigenvalue weighted by Crippen LogP contribution is -2.44. The van der Waals surface area contributed by atoms with Gasteiger partial charge >= 0.3 is 0 Å². The van der Waals surface area contributed by atoms with E-state index in [0.29, 0.717) is 6.54 Å². The molecule has 19 heavy (non-hydrogen) atoms. The third-order valence-electron chi connectivity index (χ3n) is 4.46. The van der Waals surface area contributed by atoms with E-state index >= 15 is 0 Å². The first-order valence-electron chi connectivity index (χ1n) is 7.35. The van der Waals surface area contributed by atoms with E-state index in [1.165, 1.54) is 5.56 Å². The van der Waals surface area contributed by atoms with Crippen LogP contribution in [0.1, 0.15) is 56.8 Å². The lowest BCUT2D eigenvalue weighted by molar-refractivity contribution is -0.00785. The summed E-state index contributed by atoms with van der Waals surface area (Å²) in [6, 6.07) is 0.233. The van der Waals surface area contributed by atoms with Crippen LogP contribution in [0.5, 0.6) is 0 Å². The zero-order valence-corrected chi connectivity index (χ0v) is 12.6. The summed E-state index contributed by atoms with van der Waals surface area (Å²) in [5, 5.41) is 18.4. The van der Waals surface area contributed by atoms with E-state index in [-0.39, 0.29) is 6.04 Å². The second-order valence-electron chi connectivity index (χ2n) is 6.35. The Balaban J connectivity index is 1.90. The first-order valence-corrected chi connectivity index (χ1v) is 7.35. The van der Waals surface area contributed by atoms with Crippen LogP contribution < -0.4 is 5.32 Å². The van der Waals surface area contributed by atoms with Crippen molar-refractivity contribution in [3.63, 3.8) is 0 Å². The largest absolute Gasteiger partial charge is 0.389 e. The number of aryl methyl sites for hydroxylation is 2. The second kappa shape index (κ2) is 5.63. The summed E-state index contributed by atoms with van der Waals surface area (Å²) in [6.45, 7) is 7.12. The Morgan fingerprint density at radius 2 is 2.16 bits per heavy atom.